The van der Waals surface area contributed by atoms with Gasteiger partial charge in [0.15, 0.2) is 5.76 Å². The van der Waals surface area contributed by atoms with Gasteiger partial charge in [0, 0.05) is 18.0 Å². The molecular formula is C20H20ClN3O4S. The summed E-state index contributed by atoms with van der Waals surface area (Å²) in [6.07, 6.45) is 3.57. The largest absolute Gasteiger partial charge is 0.491 e. The lowest BCUT2D eigenvalue weighted by molar-refractivity contribution is 0.0875. The van der Waals surface area contributed by atoms with Crippen LogP contribution in [0.25, 0.3) is 11.0 Å². The van der Waals surface area contributed by atoms with Crippen LogP contribution in [0.2, 0.25) is 5.15 Å². The van der Waals surface area contributed by atoms with Crippen LogP contribution in [0.5, 0.6) is 5.75 Å². The van der Waals surface area contributed by atoms with Gasteiger partial charge >= 0.3 is 11.9 Å². The zero-order valence-electron chi connectivity index (χ0n) is 15.9. The third-order valence-electron chi connectivity index (χ3n) is 4.13. The van der Waals surface area contributed by atoms with Gasteiger partial charge in [0.25, 0.3) is 0 Å². The van der Waals surface area contributed by atoms with Gasteiger partial charge in [-0.2, -0.15) is 0 Å². The van der Waals surface area contributed by atoms with Crippen LogP contribution in [0.15, 0.2) is 47.0 Å². The van der Waals surface area contributed by atoms with Gasteiger partial charge in [-0.05, 0) is 43.7 Å². The van der Waals surface area contributed by atoms with E-state index in [1.807, 2.05) is 6.92 Å². The fourth-order valence-corrected chi connectivity index (χ4v) is 3.08. The van der Waals surface area contributed by atoms with Crippen LogP contribution in [0.1, 0.15) is 37.2 Å². The van der Waals surface area contributed by atoms with Crippen LogP contribution in [-0.4, -0.2) is 27.3 Å². The fourth-order valence-electron chi connectivity index (χ4n) is 2.72. The highest BCUT2D eigenvalue weighted by atomic mass is 35.5. The minimum atomic E-state index is -0.730. The highest BCUT2D eigenvalue weighted by molar-refractivity contribution is 7.79. The Hall–Kier alpha value is -2.71. The molecule has 0 bridgehead atoms. The number of anilines is 1. The predicted octanol–water partition coefficient (Wildman–Crippen LogP) is 5.57. The van der Waals surface area contributed by atoms with Crippen LogP contribution < -0.4 is 10.1 Å². The Balaban J connectivity index is 1.65. The molecule has 1 aromatic carbocycles. The number of hydrogen-bond donors (Lipinski definition) is 2. The molecule has 9 heteroatoms. The smallest absolute Gasteiger partial charge is 0.339 e. The van der Waals surface area contributed by atoms with E-state index in [1.165, 1.54) is 12.3 Å². The number of hydrogen-bond acceptors (Lipinski definition) is 6. The highest BCUT2D eigenvalue weighted by Crippen LogP contribution is 2.26. The first-order chi connectivity index (χ1) is 13.9. The van der Waals surface area contributed by atoms with E-state index in [2.05, 4.69) is 30.0 Å². The van der Waals surface area contributed by atoms with Crippen LogP contribution in [-0.2, 0) is 0 Å². The average molecular weight is 434 g/mol. The molecule has 1 atom stereocenters. The van der Waals surface area contributed by atoms with Crippen LogP contribution in [0.3, 0.4) is 0 Å². The number of urea groups is 1. The van der Waals surface area contributed by atoms with Crippen molar-refractivity contribution in [3.8, 4) is 5.75 Å². The number of benzene rings is 1. The van der Waals surface area contributed by atoms with Gasteiger partial charge in [-0.1, -0.05) is 37.8 Å². The first-order valence-corrected chi connectivity index (χ1v) is 9.82. The van der Waals surface area contributed by atoms with Crippen molar-refractivity contribution in [1.29, 1.82) is 0 Å². The van der Waals surface area contributed by atoms with Crippen molar-refractivity contribution < 1.29 is 18.7 Å². The molecule has 2 aromatic heterocycles. The molecule has 0 aliphatic rings. The molecule has 3 rings (SSSR count). The van der Waals surface area contributed by atoms with Gasteiger partial charge in [0.2, 0.25) is 0 Å². The number of nitrogens with one attached hydrogen (secondary N) is 1. The number of rotatable bonds is 6. The predicted molar refractivity (Wildman–Crippen MR) is 115 cm³/mol. The number of ether oxygens (including phenoxy) is 1. The summed E-state index contributed by atoms with van der Waals surface area (Å²) >= 11 is 9.98. The maximum Gasteiger partial charge on any atom is 0.339 e. The Kier molecular flexibility index (Phi) is 6.66. The van der Waals surface area contributed by atoms with E-state index in [4.69, 9.17) is 20.8 Å². The minimum absolute atomic E-state index is 0.0753. The van der Waals surface area contributed by atoms with E-state index >= 15 is 0 Å². The van der Waals surface area contributed by atoms with Crippen LogP contribution in [0, 0.1) is 0 Å². The number of aromatic nitrogens is 1. The van der Waals surface area contributed by atoms with Gasteiger partial charge < -0.3 is 14.5 Å². The average Bonchev–Trinajstić information content (AvgIpc) is 3.14. The summed E-state index contributed by atoms with van der Waals surface area (Å²) in [7, 11) is 0. The molecule has 0 radical (unpaired) electrons. The number of amides is 3. The summed E-state index contributed by atoms with van der Waals surface area (Å²) in [6.45, 7) is 4.10. The summed E-state index contributed by atoms with van der Waals surface area (Å²) in [6, 6.07) is 9.14. The fraction of sp³-hybridized carbons (Fsp3) is 0.250. The van der Waals surface area contributed by atoms with E-state index in [0.29, 0.717) is 26.7 Å². The molecule has 1 N–H and O–H groups in total. The molecule has 0 saturated heterocycles. The molecule has 0 aliphatic heterocycles. The molecule has 29 heavy (non-hydrogen) atoms. The van der Waals surface area contributed by atoms with Crippen molar-refractivity contribution in [2.45, 2.75) is 32.8 Å². The van der Waals surface area contributed by atoms with Crippen LogP contribution >= 0.6 is 24.4 Å². The zero-order valence-corrected chi connectivity index (χ0v) is 17.5. The van der Waals surface area contributed by atoms with Crippen molar-refractivity contribution in [3.63, 3.8) is 0 Å². The standard InChI is InChI=1S/C20H20ClN3O4S/c1-3-4-12(2)27-14-7-5-13(6-8-14)23-20(26)24(29)19(25)17-11-15-16(28-17)9-10-22-18(15)21/h5-12,29H,3-4H2,1-2H3,(H,23,26). The Labute approximate surface area is 178 Å². The van der Waals surface area contributed by atoms with E-state index in [-0.39, 0.29) is 17.0 Å². The molecule has 152 valence electrons. The number of pyridine rings is 1. The van der Waals surface area contributed by atoms with Crippen LogP contribution in [0.4, 0.5) is 10.5 Å². The van der Waals surface area contributed by atoms with E-state index in [9.17, 15) is 9.59 Å². The van der Waals surface area contributed by atoms with Crippen molar-refractivity contribution in [1.82, 2.24) is 9.29 Å². The quantitative estimate of drug-likeness (QED) is 0.392. The molecule has 0 saturated carbocycles. The second kappa shape index (κ2) is 9.19. The van der Waals surface area contributed by atoms with Crippen molar-refractivity contribution >= 4 is 53.0 Å². The number of fused-ring (bicyclic) bond motifs is 1. The third-order valence-corrected chi connectivity index (χ3v) is 4.79. The monoisotopic (exact) mass is 433 g/mol. The number of nitrogens with zero attached hydrogens (tertiary/aromatic N) is 2. The van der Waals surface area contributed by atoms with E-state index in [0.717, 1.165) is 12.8 Å². The molecule has 7 nitrogen and oxygen atoms in total. The number of carbonyl (C=O) groups excluding carboxylic acids is 2. The normalized spacial score (nSPS) is 11.9. The summed E-state index contributed by atoms with van der Waals surface area (Å²) in [4.78, 5) is 28.8. The molecule has 0 spiro atoms. The maximum absolute atomic E-state index is 12.5. The van der Waals surface area contributed by atoms with E-state index in [1.54, 1.807) is 30.3 Å². The topological polar surface area (TPSA) is 84.7 Å². The van der Waals surface area contributed by atoms with Gasteiger partial charge in [-0.15, -0.1) is 0 Å². The number of furan rings is 1. The summed E-state index contributed by atoms with van der Waals surface area (Å²) < 4.78 is 11.9. The third kappa shape index (κ3) is 5.02. The second-order valence-electron chi connectivity index (χ2n) is 6.41. The Morgan fingerprint density at radius 2 is 2.03 bits per heavy atom. The lowest BCUT2D eigenvalue weighted by Crippen LogP contribution is -2.32. The zero-order chi connectivity index (χ0) is 21.0. The minimum Gasteiger partial charge on any atom is -0.491 e. The van der Waals surface area contributed by atoms with Crippen molar-refractivity contribution in [2.24, 2.45) is 0 Å². The Morgan fingerprint density at radius 1 is 1.31 bits per heavy atom. The number of thiol groups is 1. The number of imide groups is 1. The summed E-state index contributed by atoms with van der Waals surface area (Å²) in [5.74, 6) is -0.101. The van der Waals surface area contributed by atoms with Gasteiger partial charge in [-0.25, -0.2) is 14.1 Å². The van der Waals surface area contributed by atoms with Gasteiger partial charge in [0.1, 0.15) is 16.5 Å². The number of halogens is 1. The Bertz CT molecular complexity index is 1020. The lowest BCUT2D eigenvalue weighted by Gasteiger charge is -2.15. The first kappa shape index (κ1) is 21.0. The highest BCUT2D eigenvalue weighted by Gasteiger charge is 2.24. The lowest BCUT2D eigenvalue weighted by atomic mass is 10.2. The maximum atomic E-state index is 12.5. The van der Waals surface area contributed by atoms with Crippen molar-refractivity contribution in [2.75, 3.05) is 5.32 Å². The second-order valence-corrected chi connectivity index (χ2v) is 7.17. The SMILES string of the molecule is CCCC(C)Oc1ccc(NC(=O)N(S)C(=O)c2cc3c(Cl)nccc3o2)cc1. The van der Waals surface area contributed by atoms with Gasteiger partial charge in [0.05, 0.1) is 11.5 Å². The van der Waals surface area contributed by atoms with Gasteiger partial charge in [-0.3, -0.25) is 4.79 Å². The van der Waals surface area contributed by atoms with Crippen molar-refractivity contribution in [3.05, 3.63) is 53.5 Å². The molecule has 1 unspecified atom stereocenters. The summed E-state index contributed by atoms with van der Waals surface area (Å²) in [5, 5.41) is 3.28. The molecule has 0 fully saturated rings. The molecule has 0 aliphatic carbocycles. The molecule has 2 heterocycles. The Morgan fingerprint density at radius 3 is 2.69 bits per heavy atom. The first-order valence-electron chi connectivity index (χ1n) is 9.04. The molecule has 3 amide bonds. The summed E-state index contributed by atoms with van der Waals surface area (Å²) in [5.41, 5.74) is 0.887. The molecular weight excluding hydrogens is 414 g/mol. The molecule has 3 aromatic rings. The van der Waals surface area contributed by atoms with E-state index < -0.39 is 11.9 Å². The number of carbonyl (C=O) groups is 2.